The number of terminal acetylenes is 1. The average Bonchev–Trinajstić information content (AvgIpc) is 2.26. The molecule has 0 saturated carbocycles. The van der Waals surface area contributed by atoms with Gasteiger partial charge in [0.1, 0.15) is 6.61 Å². The van der Waals surface area contributed by atoms with E-state index in [9.17, 15) is 9.59 Å². The lowest BCUT2D eigenvalue weighted by molar-refractivity contribution is -0.151. The van der Waals surface area contributed by atoms with E-state index < -0.39 is 18.0 Å². The summed E-state index contributed by atoms with van der Waals surface area (Å²) in [5.74, 6) is 1.16. The molecule has 0 N–H and O–H groups in total. The number of nitrogens with zero attached hydrogens (tertiary/aromatic N) is 1. The molecule has 16 heavy (non-hydrogen) atoms. The lowest BCUT2D eigenvalue weighted by Gasteiger charge is -2.06. The molecule has 0 aliphatic heterocycles. The van der Waals surface area contributed by atoms with Crippen molar-refractivity contribution in [2.24, 2.45) is 0 Å². The van der Waals surface area contributed by atoms with Crippen molar-refractivity contribution in [2.45, 2.75) is 32.3 Å². The fourth-order valence-electron chi connectivity index (χ4n) is 0.777. The van der Waals surface area contributed by atoms with E-state index in [1.54, 1.807) is 6.92 Å². The summed E-state index contributed by atoms with van der Waals surface area (Å²) in [6.45, 7) is 1.61. The molecule has 1 atom stereocenters. The topological polar surface area (TPSA) is 76.4 Å². The van der Waals surface area contributed by atoms with Crippen LogP contribution in [0.2, 0.25) is 0 Å². The Balaban J connectivity index is 3.64. The zero-order valence-electron chi connectivity index (χ0n) is 9.06. The maximum absolute atomic E-state index is 11.1. The average molecular weight is 223 g/mol. The molecule has 0 bridgehead atoms. The third-order valence-corrected chi connectivity index (χ3v) is 1.55. The minimum Gasteiger partial charge on any atom is -0.465 e. The monoisotopic (exact) mass is 223 g/mol. The molecule has 0 aliphatic carbocycles. The number of ether oxygens (including phenoxy) is 2. The first-order valence-electron chi connectivity index (χ1n) is 4.78. The Hall–Kier alpha value is -2.01. The van der Waals surface area contributed by atoms with E-state index in [1.807, 2.05) is 6.07 Å². The van der Waals surface area contributed by atoms with Gasteiger partial charge in [-0.05, 0) is 6.92 Å². The van der Waals surface area contributed by atoms with Crippen molar-refractivity contribution in [3.63, 3.8) is 0 Å². The molecule has 0 fully saturated rings. The smallest absolute Gasteiger partial charge is 0.307 e. The largest absolute Gasteiger partial charge is 0.465 e. The summed E-state index contributed by atoms with van der Waals surface area (Å²) in [6.07, 6.45) is 4.42. The summed E-state index contributed by atoms with van der Waals surface area (Å²) in [5, 5.41) is 8.19. The van der Waals surface area contributed by atoms with Crippen molar-refractivity contribution in [3.05, 3.63) is 0 Å². The number of carbonyl (C=O) groups is 2. The van der Waals surface area contributed by atoms with Gasteiger partial charge in [0.2, 0.25) is 0 Å². The van der Waals surface area contributed by atoms with Crippen LogP contribution in [0, 0.1) is 23.7 Å². The highest BCUT2D eigenvalue weighted by Crippen LogP contribution is 1.99. The first-order chi connectivity index (χ1) is 7.60. The molecule has 0 saturated heterocycles. The molecule has 5 nitrogen and oxygen atoms in total. The van der Waals surface area contributed by atoms with E-state index in [1.165, 1.54) is 0 Å². The molecule has 5 heteroatoms. The van der Waals surface area contributed by atoms with E-state index in [-0.39, 0.29) is 25.9 Å². The third kappa shape index (κ3) is 7.40. The molecule has 86 valence electrons. The quantitative estimate of drug-likeness (QED) is 0.378. The third-order valence-electron chi connectivity index (χ3n) is 1.55. The second-order valence-corrected chi connectivity index (χ2v) is 2.93. The predicted octanol–water partition coefficient (Wildman–Crippen LogP) is 0.788. The molecule has 0 spiro atoms. The van der Waals surface area contributed by atoms with Gasteiger partial charge in [0, 0.05) is 0 Å². The predicted molar refractivity (Wildman–Crippen MR) is 54.8 cm³/mol. The maximum atomic E-state index is 11.1. The van der Waals surface area contributed by atoms with E-state index in [2.05, 4.69) is 10.7 Å². The summed E-state index contributed by atoms with van der Waals surface area (Å²) in [6, 6.07) is 1.83. The Bertz CT molecular complexity index is 324. The lowest BCUT2D eigenvalue weighted by Crippen LogP contribution is -2.15. The molecule has 0 aromatic carbocycles. The van der Waals surface area contributed by atoms with Gasteiger partial charge in [-0.2, -0.15) is 5.26 Å². The zero-order valence-corrected chi connectivity index (χ0v) is 9.06. The summed E-state index contributed by atoms with van der Waals surface area (Å²) in [7, 11) is 0. The number of nitriles is 1. The molecule has 0 aliphatic rings. The molecular formula is C11H13NO4. The second kappa shape index (κ2) is 8.31. The van der Waals surface area contributed by atoms with Crippen molar-refractivity contribution in [1.29, 1.82) is 5.26 Å². The van der Waals surface area contributed by atoms with Crippen molar-refractivity contribution in [2.75, 3.05) is 6.61 Å². The molecule has 0 aromatic rings. The lowest BCUT2D eigenvalue weighted by atomic mass is 10.3. The van der Waals surface area contributed by atoms with Crippen LogP contribution in [-0.4, -0.2) is 24.6 Å². The van der Waals surface area contributed by atoms with E-state index in [0.717, 1.165) is 0 Å². The van der Waals surface area contributed by atoms with Crippen LogP contribution < -0.4 is 0 Å². The van der Waals surface area contributed by atoms with Crippen LogP contribution in [-0.2, 0) is 19.1 Å². The van der Waals surface area contributed by atoms with Crippen LogP contribution in [0.4, 0.5) is 0 Å². The summed E-state index contributed by atoms with van der Waals surface area (Å²) < 4.78 is 9.39. The number of esters is 2. The molecule has 0 radical (unpaired) electrons. The van der Waals surface area contributed by atoms with Gasteiger partial charge in [-0.15, -0.1) is 6.42 Å². The van der Waals surface area contributed by atoms with Crippen molar-refractivity contribution < 1.29 is 19.1 Å². The standard InChI is InChI=1S/C11H13NO4/c1-3-9(2)16-11(14)6-5-10(13)15-8-4-7-12/h1,9H,4-6,8H2,2H3. The van der Waals surface area contributed by atoms with Gasteiger partial charge in [-0.3, -0.25) is 9.59 Å². The van der Waals surface area contributed by atoms with Gasteiger partial charge in [0.25, 0.3) is 0 Å². The van der Waals surface area contributed by atoms with Crippen LogP contribution in [0.5, 0.6) is 0 Å². The highest BCUT2D eigenvalue weighted by molar-refractivity contribution is 5.77. The van der Waals surface area contributed by atoms with Gasteiger partial charge in [0.05, 0.1) is 25.3 Å². The normalized spacial score (nSPS) is 10.7. The molecule has 0 aromatic heterocycles. The fraction of sp³-hybridized carbons (Fsp3) is 0.545. The number of rotatable bonds is 6. The van der Waals surface area contributed by atoms with Crippen molar-refractivity contribution in [1.82, 2.24) is 0 Å². The van der Waals surface area contributed by atoms with Crippen molar-refractivity contribution in [3.8, 4) is 18.4 Å². The van der Waals surface area contributed by atoms with E-state index >= 15 is 0 Å². The molecule has 0 amide bonds. The highest BCUT2D eigenvalue weighted by atomic mass is 16.5. The van der Waals surface area contributed by atoms with Crippen molar-refractivity contribution >= 4 is 11.9 Å². The maximum Gasteiger partial charge on any atom is 0.307 e. The summed E-state index contributed by atoms with van der Waals surface area (Å²) >= 11 is 0. The van der Waals surface area contributed by atoms with Gasteiger partial charge < -0.3 is 9.47 Å². The number of hydrogen-bond donors (Lipinski definition) is 0. The Kier molecular flexibility index (Phi) is 7.27. The van der Waals surface area contributed by atoms with Crippen LogP contribution in [0.3, 0.4) is 0 Å². The Morgan fingerprint density at radius 2 is 2.00 bits per heavy atom. The fourth-order valence-corrected chi connectivity index (χ4v) is 0.777. The Morgan fingerprint density at radius 1 is 1.38 bits per heavy atom. The Morgan fingerprint density at radius 3 is 2.56 bits per heavy atom. The number of carbonyl (C=O) groups excluding carboxylic acids is 2. The van der Waals surface area contributed by atoms with E-state index in [0.29, 0.717) is 0 Å². The van der Waals surface area contributed by atoms with Gasteiger partial charge in [-0.25, -0.2) is 0 Å². The van der Waals surface area contributed by atoms with Crippen LogP contribution in [0.15, 0.2) is 0 Å². The van der Waals surface area contributed by atoms with Gasteiger partial charge in [-0.1, -0.05) is 5.92 Å². The Labute approximate surface area is 94.3 Å². The van der Waals surface area contributed by atoms with Crippen LogP contribution >= 0.6 is 0 Å². The molecular weight excluding hydrogens is 210 g/mol. The first kappa shape index (κ1) is 14.0. The molecule has 1 unspecified atom stereocenters. The summed E-state index contributed by atoms with van der Waals surface area (Å²) in [4.78, 5) is 22.1. The number of hydrogen-bond acceptors (Lipinski definition) is 5. The molecule has 0 rings (SSSR count). The van der Waals surface area contributed by atoms with Crippen LogP contribution in [0.25, 0.3) is 0 Å². The summed E-state index contributed by atoms with van der Waals surface area (Å²) in [5.41, 5.74) is 0. The van der Waals surface area contributed by atoms with Gasteiger partial charge in [0.15, 0.2) is 6.10 Å². The SMILES string of the molecule is C#CC(C)OC(=O)CCC(=O)OCCC#N. The van der Waals surface area contributed by atoms with E-state index in [4.69, 9.17) is 16.4 Å². The minimum absolute atomic E-state index is 0.0468. The van der Waals surface area contributed by atoms with Crippen LogP contribution in [0.1, 0.15) is 26.2 Å². The molecule has 0 heterocycles. The highest BCUT2D eigenvalue weighted by Gasteiger charge is 2.10. The minimum atomic E-state index is -0.595. The van der Waals surface area contributed by atoms with Gasteiger partial charge >= 0.3 is 11.9 Å². The second-order valence-electron chi connectivity index (χ2n) is 2.93. The first-order valence-corrected chi connectivity index (χ1v) is 4.78. The zero-order chi connectivity index (χ0) is 12.4.